The van der Waals surface area contributed by atoms with Gasteiger partial charge in [0.25, 0.3) is 5.91 Å². The Morgan fingerprint density at radius 3 is 2.58 bits per heavy atom. The molecule has 0 saturated heterocycles. The van der Waals surface area contributed by atoms with Crippen molar-refractivity contribution in [3.05, 3.63) is 48.3 Å². The maximum atomic E-state index is 13.5. The zero-order valence-corrected chi connectivity index (χ0v) is 15.1. The van der Waals surface area contributed by atoms with Crippen LogP contribution in [0.25, 0.3) is 0 Å². The number of hydrogen-bond donors (Lipinski definition) is 1. The van der Waals surface area contributed by atoms with Gasteiger partial charge in [0.15, 0.2) is 6.61 Å². The third kappa shape index (κ3) is 5.66. The van der Waals surface area contributed by atoms with Crippen LogP contribution in [-0.2, 0) is 14.3 Å². The molecule has 0 spiro atoms. The van der Waals surface area contributed by atoms with Crippen LogP contribution >= 0.6 is 11.8 Å². The first kappa shape index (κ1) is 19.6. The molecule has 0 fully saturated rings. The summed E-state index contributed by atoms with van der Waals surface area (Å²) in [4.78, 5) is 24.0. The molecule has 6 nitrogen and oxygen atoms in total. The van der Waals surface area contributed by atoms with Crippen LogP contribution in [0.4, 0.5) is 10.1 Å². The Balaban J connectivity index is 1.83. The molecule has 0 atom stereocenters. The van der Waals surface area contributed by atoms with E-state index in [-0.39, 0.29) is 5.75 Å². The number of methoxy groups -OCH3 is 2. The molecule has 0 aliphatic rings. The molecular weight excluding hydrogens is 361 g/mol. The van der Waals surface area contributed by atoms with E-state index in [4.69, 9.17) is 14.2 Å². The van der Waals surface area contributed by atoms with Gasteiger partial charge in [0.05, 0.1) is 25.7 Å². The van der Waals surface area contributed by atoms with Crippen molar-refractivity contribution in [1.82, 2.24) is 0 Å². The molecule has 2 rings (SSSR count). The van der Waals surface area contributed by atoms with Crippen molar-refractivity contribution in [3.8, 4) is 11.5 Å². The fraction of sp³-hybridized carbons (Fsp3) is 0.222. The quantitative estimate of drug-likeness (QED) is 0.561. The lowest BCUT2D eigenvalue weighted by Crippen LogP contribution is -2.22. The second kappa shape index (κ2) is 9.67. The number of carbonyl (C=O) groups excluding carboxylic acids is 2. The van der Waals surface area contributed by atoms with Gasteiger partial charge in [-0.15, -0.1) is 11.8 Å². The highest BCUT2D eigenvalue weighted by Gasteiger charge is 2.12. The fourth-order valence-corrected chi connectivity index (χ4v) is 2.72. The molecule has 138 valence electrons. The van der Waals surface area contributed by atoms with Crippen LogP contribution < -0.4 is 14.8 Å². The average Bonchev–Trinajstić information content (AvgIpc) is 2.65. The van der Waals surface area contributed by atoms with Gasteiger partial charge in [0.2, 0.25) is 0 Å². The largest absolute Gasteiger partial charge is 0.497 e. The van der Waals surface area contributed by atoms with E-state index < -0.39 is 24.3 Å². The highest BCUT2D eigenvalue weighted by Crippen LogP contribution is 2.28. The summed E-state index contributed by atoms with van der Waals surface area (Å²) < 4.78 is 28.6. The van der Waals surface area contributed by atoms with Crippen molar-refractivity contribution in [1.29, 1.82) is 0 Å². The summed E-state index contributed by atoms with van der Waals surface area (Å²) in [5.74, 6) is -0.670. The van der Waals surface area contributed by atoms with Gasteiger partial charge in [-0.1, -0.05) is 12.1 Å². The molecule has 0 saturated carbocycles. The number of anilines is 1. The molecular formula is C18H18FNO5S. The van der Waals surface area contributed by atoms with Crippen LogP contribution in [-0.4, -0.2) is 38.5 Å². The number of thioether (sulfide) groups is 1. The molecule has 0 aliphatic carbocycles. The molecule has 2 aromatic carbocycles. The monoisotopic (exact) mass is 379 g/mol. The van der Waals surface area contributed by atoms with Gasteiger partial charge in [-0.2, -0.15) is 0 Å². The molecule has 0 unspecified atom stereocenters. The normalized spacial score (nSPS) is 10.1. The van der Waals surface area contributed by atoms with Gasteiger partial charge in [-0.25, -0.2) is 4.39 Å². The van der Waals surface area contributed by atoms with E-state index >= 15 is 0 Å². The highest BCUT2D eigenvalue weighted by atomic mass is 32.2. The second-order valence-corrected chi connectivity index (χ2v) is 6.01. The zero-order chi connectivity index (χ0) is 18.9. The lowest BCUT2D eigenvalue weighted by Gasteiger charge is -2.12. The Morgan fingerprint density at radius 2 is 1.88 bits per heavy atom. The van der Waals surface area contributed by atoms with E-state index in [2.05, 4.69) is 5.32 Å². The molecule has 26 heavy (non-hydrogen) atoms. The Labute approximate surface area is 154 Å². The number of hydrogen-bond acceptors (Lipinski definition) is 6. The van der Waals surface area contributed by atoms with Gasteiger partial charge < -0.3 is 19.5 Å². The van der Waals surface area contributed by atoms with Gasteiger partial charge in [-0.05, 0) is 24.3 Å². The lowest BCUT2D eigenvalue weighted by molar-refractivity contribution is -0.144. The summed E-state index contributed by atoms with van der Waals surface area (Å²) >= 11 is 1.00. The smallest absolute Gasteiger partial charge is 0.316 e. The number of rotatable bonds is 8. The van der Waals surface area contributed by atoms with Crippen LogP contribution in [0.2, 0.25) is 0 Å². The summed E-state index contributed by atoms with van der Waals surface area (Å²) in [6.45, 7) is -0.461. The van der Waals surface area contributed by atoms with Gasteiger partial charge in [0.1, 0.15) is 17.3 Å². The van der Waals surface area contributed by atoms with Crippen molar-refractivity contribution < 1.29 is 28.2 Å². The molecule has 0 radical (unpaired) electrons. The van der Waals surface area contributed by atoms with Crippen LogP contribution in [0.1, 0.15) is 0 Å². The Morgan fingerprint density at radius 1 is 1.12 bits per heavy atom. The van der Waals surface area contributed by atoms with Gasteiger partial charge >= 0.3 is 5.97 Å². The molecule has 0 heterocycles. The SMILES string of the molecule is COc1ccc(OC)c(NC(=O)COC(=O)CSc2ccccc2F)c1. The third-order valence-corrected chi connectivity index (χ3v) is 4.25. The number of ether oxygens (including phenoxy) is 3. The minimum atomic E-state index is -0.619. The first-order valence-corrected chi connectivity index (χ1v) is 8.57. The zero-order valence-electron chi connectivity index (χ0n) is 14.3. The van der Waals surface area contributed by atoms with Crippen molar-refractivity contribution in [2.45, 2.75) is 4.90 Å². The minimum absolute atomic E-state index is 0.101. The van der Waals surface area contributed by atoms with E-state index in [1.807, 2.05) is 0 Å². The summed E-state index contributed by atoms with van der Waals surface area (Å²) in [7, 11) is 2.97. The van der Waals surface area contributed by atoms with Crippen molar-refractivity contribution in [3.63, 3.8) is 0 Å². The highest BCUT2D eigenvalue weighted by molar-refractivity contribution is 8.00. The number of benzene rings is 2. The molecule has 1 N–H and O–H groups in total. The van der Waals surface area contributed by atoms with E-state index in [0.29, 0.717) is 22.1 Å². The summed E-state index contributed by atoms with van der Waals surface area (Å²) in [5, 5.41) is 2.59. The summed E-state index contributed by atoms with van der Waals surface area (Å²) in [6, 6.07) is 11.0. The second-order valence-electron chi connectivity index (χ2n) is 4.99. The minimum Gasteiger partial charge on any atom is -0.497 e. The van der Waals surface area contributed by atoms with Crippen molar-refractivity contribution in [2.24, 2.45) is 0 Å². The molecule has 1 amide bonds. The maximum absolute atomic E-state index is 13.5. The standard InChI is InChI=1S/C18H18FNO5S/c1-23-12-7-8-15(24-2)14(9-12)20-17(21)10-25-18(22)11-26-16-6-4-3-5-13(16)19/h3-9H,10-11H2,1-2H3,(H,20,21). The number of nitrogens with one attached hydrogen (secondary N) is 1. The fourth-order valence-electron chi connectivity index (χ4n) is 1.98. The summed E-state index contributed by atoms with van der Waals surface area (Å²) in [5.41, 5.74) is 0.397. The van der Waals surface area contributed by atoms with Gasteiger partial charge in [0, 0.05) is 11.0 Å². The van der Waals surface area contributed by atoms with E-state index in [1.54, 1.807) is 36.4 Å². The average molecular weight is 379 g/mol. The topological polar surface area (TPSA) is 73.9 Å². The molecule has 0 bridgehead atoms. The molecule has 2 aromatic rings. The van der Waals surface area contributed by atoms with Crippen LogP contribution in [0, 0.1) is 5.82 Å². The number of halogens is 1. The Bertz CT molecular complexity index is 784. The van der Waals surface area contributed by atoms with Crippen LogP contribution in [0.15, 0.2) is 47.4 Å². The van der Waals surface area contributed by atoms with Gasteiger partial charge in [-0.3, -0.25) is 9.59 Å². The summed E-state index contributed by atoms with van der Waals surface area (Å²) in [6.07, 6.45) is 0. The van der Waals surface area contributed by atoms with Crippen molar-refractivity contribution in [2.75, 3.05) is 31.9 Å². The predicted octanol–water partition coefficient (Wildman–Crippen LogP) is 3.12. The van der Waals surface area contributed by atoms with Crippen LogP contribution in [0.5, 0.6) is 11.5 Å². The predicted molar refractivity (Wildman–Crippen MR) is 96.3 cm³/mol. The van der Waals surface area contributed by atoms with Crippen LogP contribution in [0.3, 0.4) is 0 Å². The first-order chi connectivity index (χ1) is 12.5. The van der Waals surface area contributed by atoms with E-state index in [1.165, 1.54) is 20.3 Å². The lowest BCUT2D eigenvalue weighted by atomic mass is 10.2. The molecule has 0 aliphatic heterocycles. The number of esters is 1. The number of amides is 1. The Kier molecular flexibility index (Phi) is 7.28. The number of carbonyl (C=O) groups is 2. The van der Waals surface area contributed by atoms with E-state index in [9.17, 15) is 14.0 Å². The van der Waals surface area contributed by atoms with Crippen molar-refractivity contribution >= 4 is 29.3 Å². The first-order valence-electron chi connectivity index (χ1n) is 7.58. The Hall–Kier alpha value is -2.74. The third-order valence-electron chi connectivity index (χ3n) is 3.23. The van der Waals surface area contributed by atoms with E-state index in [0.717, 1.165) is 11.8 Å². The maximum Gasteiger partial charge on any atom is 0.316 e. The molecule has 8 heteroatoms. The molecule has 0 aromatic heterocycles.